The minimum Gasteiger partial charge on any atom is -0.376 e. The van der Waals surface area contributed by atoms with Gasteiger partial charge < -0.3 is 9.30 Å². The molecule has 0 aromatic carbocycles. The highest BCUT2D eigenvalue weighted by atomic mass is 32.2. The molecule has 1 aromatic rings. The van der Waals surface area contributed by atoms with Crippen LogP contribution in [-0.2, 0) is 21.2 Å². The Balaban J connectivity index is 1.45. The van der Waals surface area contributed by atoms with Crippen molar-refractivity contribution < 1.29 is 13.2 Å². The van der Waals surface area contributed by atoms with Gasteiger partial charge in [-0.3, -0.25) is 4.79 Å². The van der Waals surface area contributed by atoms with E-state index < -0.39 is 10.0 Å². The van der Waals surface area contributed by atoms with Crippen LogP contribution < -0.4 is 10.3 Å². The monoisotopic (exact) mass is 422 g/mol. The van der Waals surface area contributed by atoms with Gasteiger partial charge in [-0.1, -0.05) is 18.9 Å². The largest absolute Gasteiger partial charge is 0.376 e. The summed E-state index contributed by atoms with van der Waals surface area (Å²) in [6, 6.07) is 3.23. The Labute approximate surface area is 174 Å². The molecule has 2 heterocycles. The standard InChI is InChI=1S/C22H34N2O4S/c1-15-3-8-18-9-12-20(23-29(2,26)27)21(24(18)22(15)25)14-28-19-10-6-17(7-11-19)13-16-4-5-16/h3,8,16-17,19-21,23H,4-7,9-14H2,1-2H3/t17?,19?,20-,21-/m0/s1. The van der Waals surface area contributed by atoms with Crippen LogP contribution in [0.2, 0.25) is 0 Å². The van der Waals surface area contributed by atoms with E-state index in [9.17, 15) is 13.2 Å². The zero-order valence-electron chi connectivity index (χ0n) is 17.6. The average Bonchev–Trinajstić information content (AvgIpc) is 3.48. The van der Waals surface area contributed by atoms with Crippen molar-refractivity contribution in [1.82, 2.24) is 9.29 Å². The van der Waals surface area contributed by atoms with Crippen LogP contribution >= 0.6 is 0 Å². The number of aromatic nitrogens is 1. The van der Waals surface area contributed by atoms with Crippen molar-refractivity contribution in [3.05, 3.63) is 33.7 Å². The van der Waals surface area contributed by atoms with Crippen molar-refractivity contribution in [2.45, 2.75) is 82.9 Å². The van der Waals surface area contributed by atoms with Gasteiger partial charge in [-0.25, -0.2) is 13.1 Å². The van der Waals surface area contributed by atoms with Crippen LogP contribution in [0.15, 0.2) is 16.9 Å². The van der Waals surface area contributed by atoms with Crippen LogP contribution in [0.3, 0.4) is 0 Å². The molecule has 0 amide bonds. The fraction of sp³-hybridized carbons (Fsp3) is 0.773. The van der Waals surface area contributed by atoms with Crippen LogP contribution in [0, 0.1) is 18.8 Å². The Kier molecular flexibility index (Phi) is 6.19. The topological polar surface area (TPSA) is 77.4 Å². The summed E-state index contributed by atoms with van der Waals surface area (Å²) in [5, 5.41) is 0. The van der Waals surface area contributed by atoms with Crippen LogP contribution in [0.4, 0.5) is 0 Å². The third-order valence-electron chi connectivity index (χ3n) is 6.92. The molecule has 6 nitrogen and oxygen atoms in total. The van der Waals surface area contributed by atoms with E-state index in [1.165, 1.54) is 38.4 Å². The Morgan fingerprint density at radius 2 is 1.72 bits per heavy atom. The second-order valence-electron chi connectivity index (χ2n) is 9.44. The second kappa shape index (κ2) is 8.52. The lowest BCUT2D eigenvalue weighted by atomic mass is 9.84. The molecule has 2 aliphatic carbocycles. The van der Waals surface area contributed by atoms with Gasteiger partial charge >= 0.3 is 0 Å². The summed E-state index contributed by atoms with van der Waals surface area (Å²) in [5.74, 6) is 1.83. The molecule has 3 aliphatic rings. The molecule has 0 radical (unpaired) electrons. The van der Waals surface area contributed by atoms with Crippen molar-refractivity contribution in [1.29, 1.82) is 0 Å². The van der Waals surface area contributed by atoms with Crippen molar-refractivity contribution in [2.75, 3.05) is 12.9 Å². The molecule has 2 fully saturated rings. The summed E-state index contributed by atoms with van der Waals surface area (Å²) in [6.45, 7) is 2.18. The maximum Gasteiger partial charge on any atom is 0.254 e. The summed E-state index contributed by atoms with van der Waals surface area (Å²) in [7, 11) is -3.36. The first-order valence-electron chi connectivity index (χ1n) is 11.1. The first kappa shape index (κ1) is 21.1. The fourth-order valence-electron chi connectivity index (χ4n) is 5.13. The summed E-state index contributed by atoms with van der Waals surface area (Å²) >= 11 is 0. The number of nitrogens with one attached hydrogen (secondary N) is 1. The number of hydrogen-bond acceptors (Lipinski definition) is 4. The summed E-state index contributed by atoms with van der Waals surface area (Å²) < 4.78 is 34.6. The summed E-state index contributed by atoms with van der Waals surface area (Å²) in [6.07, 6.45) is 11.6. The minimum absolute atomic E-state index is 0.0377. The highest BCUT2D eigenvalue weighted by molar-refractivity contribution is 7.88. The van der Waals surface area contributed by atoms with E-state index in [1.807, 2.05) is 19.1 Å². The molecular weight excluding hydrogens is 388 g/mol. The number of nitrogens with zero attached hydrogens (tertiary/aromatic N) is 1. The number of ether oxygens (including phenoxy) is 1. The molecule has 0 spiro atoms. The maximum absolute atomic E-state index is 12.9. The lowest BCUT2D eigenvalue weighted by Gasteiger charge is -2.37. The smallest absolute Gasteiger partial charge is 0.254 e. The van der Waals surface area contributed by atoms with E-state index in [4.69, 9.17) is 4.74 Å². The van der Waals surface area contributed by atoms with Crippen molar-refractivity contribution in [3.8, 4) is 0 Å². The van der Waals surface area contributed by atoms with Gasteiger partial charge in [0.15, 0.2) is 0 Å². The average molecular weight is 423 g/mol. The van der Waals surface area contributed by atoms with E-state index in [1.54, 1.807) is 4.57 Å². The predicted octanol–water partition coefficient (Wildman–Crippen LogP) is 2.94. The molecular formula is C22H34N2O4S. The van der Waals surface area contributed by atoms with E-state index in [0.29, 0.717) is 25.0 Å². The number of hydrogen-bond donors (Lipinski definition) is 1. The van der Waals surface area contributed by atoms with Crippen LogP contribution in [-0.4, -0.2) is 38.0 Å². The molecule has 2 saturated carbocycles. The Morgan fingerprint density at radius 1 is 1.07 bits per heavy atom. The Morgan fingerprint density at radius 3 is 2.34 bits per heavy atom. The van der Waals surface area contributed by atoms with Gasteiger partial charge in [-0.15, -0.1) is 0 Å². The molecule has 162 valence electrons. The van der Waals surface area contributed by atoms with Gasteiger partial charge in [0.25, 0.3) is 5.56 Å². The number of pyridine rings is 1. The number of sulfonamides is 1. The molecule has 0 saturated heterocycles. The van der Waals surface area contributed by atoms with E-state index >= 15 is 0 Å². The van der Waals surface area contributed by atoms with E-state index in [2.05, 4.69) is 4.72 Å². The summed E-state index contributed by atoms with van der Waals surface area (Å²) in [5.41, 5.74) is 1.61. The maximum atomic E-state index is 12.9. The lowest BCUT2D eigenvalue weighted by Crippen LogP contribution is -2.49. The van der Waals surface area contributed by atoms with Gasteiger partial charge in [0.05, 0.1) is 25.0 Å². The SMILES string of the molecule is Cc1ccc2n(c1=O)[C@@H](COC1CCC(CC3CC3)CC1)[C@@H](NS(C)(=O)=O)CC2. The predicted molar refractivity (Wildman–Crippen MR) is 114 cm³/mol. The number of rotatable bonds is 7. The number of aryl methyl sites for hydroxylation is 2. The second-order valence-corrected chi connectivity index (χ2v) is 11.2. The highest BCUT2D eigenvalue weighted by Crippen LogP contribution is 2.40. The van der Waals surface area contributed by atoms with Gasteiger partial charge in [0.2, 0.25) is 10.0 Å². The quantitative estimate of drug-likeness (QED) is 0.733. The van der Waals surface area contributed by atoms with Crippen molar-refractivity contribution in [3.63, 3.8) is 0 Å². The first-order valence-corrected chi connectivity index (χ1v) is 13.0. The van der Waals surface area contributed by atoms with E-state index in [-0.39, 0.29) is 23.7 Å². The molecule has 29 heavy (non-hydrogen) atoms. The minimum atomic E-state index is -3.36. The molecule has 4 rings (SSSR count). The van der Waals surface area contributed by atoms with E-state index in [0.717, 1.165) is 30.4 Å². The highest BCUT2D eigenvalue weighted by Gasteiger charge is 2.34. The van der Waals surface area contributed by atoms with Crippen LogP contribution in [0.25, 0.3) is 0 Å². The number of fused-ring (bicyclic) bond motifs is 1. The zero-order valence-corrected chi connectivity index (χ0v) is 18.4. The molecule has 1 N–H and O–H groups in total. The fourth-order valence-corrected chi connectivity index (χ4v) is 5.96. The first-order chi connectivity index (χ1) is 13.8. The summed E-state index contributed by atoms with van der Waals surface area (Å²) in [4.78, 5) is 12.9. The van der Waals surface area contributed by atoms with Crippen LogP contribution in [0.1, 0.15) is 68.7 Å². The van der Waals surface area contributed by atoms with Crippen molar-refractivity contribution >= 4 is 10.0 Å². The molecule has 0 unspecified atom stereocenters. The Bertz CT molecular complexity index is 883. The third kappa shape index (κ3) is 5.30. The Hall–Kier alpha value is -1.18. The van der Waals surface area contributed by atoms with Crippen molar-refractivity contribution in [2.24, 2.45) is 11.8 Å². The zero-order chi connectivity index (χ0) is 20.6. The van der Waals surface area contributed by atoms with Gasteiger partial charge in [0, 0.05) is 17.3 Å². The van der Waals surface area contributed by atoms with Gasteiger partial charge in [-0.2, -0.15) is 0 Å². The molecule has 0 bridgehead atoms. The third-order valence-corrected chi connectivity index (χ3v) is 7.66. The molecule has 1 aliphatic heterocycles. The van der Waals surface area contributed by atoms with Crippen LogP contribution in [0.5, 0.6) is 0 Å². The normalized spacial score (nSPS) is 30.1. The molecule has 1 aromatic heterocycles. The lowest BCUT2D eigenvalue weighted by molar-refractivity contribution is -0.00769. The van der Waals surface area contributed by atoms with Gasteiger partial charge in [-0.05, 0) is 69.8 Å². The van der Waals surface area contributed by atoms with Gasteiger partial charge in [0.1, 0.15) is 0 Å². The molecule has 7 heteroatoms. The molecule has 2 atom stereocenters.